The summed E-state index contributed by atoms with van der Waals surface area (Å²) in [6, 6.07) is 2.81. The number of aromatic nitrogens is 3. The molecule has 2 N–H and O–H groups in total. The monoisotopic (exact) mass is 517 g/mol. The van der Waals surface area contributed by atoms with Crippen LogP contribution in [0.2, 0.25) is 5.02 Å². The summed E-state index contributed by atoms with van der Waals surface area (Å²) in [5, 5.41) is 0.127. The fraction of sp³-hybridized carbons (Fsp3) is 0.480. The molecule has 0 unspecified atom stereocenters. The van der Waals surface area contributed by atoms with E-state index in [4.69, 9.17) is 33.2 Å². The third-order valence-corrected chi connectivity index (χ3v) is 7.86. The fourth-order valence-electron chi connectivity index (χ4n) is 5.85. The number of halogens is 3. The standard InChI is InChI=1S/C25H27ClF2N6O2/c1-14(16-4-2-6-30-22(16)29)34-8-9-35-21-17(26)10-18(28)20-19(21)23(34)32-24(31-20)36-13-25-5-3-7-33(25)12-15(27)11-25/h2,4,6,10,14-15H,3,5,7-9,11-13H2,1H3,(H2,29,30)/t14-,15-,25+/m1/s1/i10D. The van der Waals surface area contributed by atoms with Gasteiger partial charge in [-0.15, -0.1) is 0 Å². The molecule has 1 aromatic carbocycles. The number of nitrogens with zero attached hydrogens (tertiary/aromatic N) is 5. The molecule has 190 valence electrons. The molecule has 0 saturated carbocycles. The van der Waals surface area contributed by atoms with E-state index in [-0.39, 0.29) is 46.9 Å². The van der Waals surface area contributed by atoms with Crippen LogP contribution in [0.1, 0.15) is 39.2 Å². The van der Waals surface area contributed by atoms with Crippen molar-refractivity contribution in [1.29, 1.82) is 0 Å². The largest absolute Gasteiger partial charge is 0.489 e. The third kappa shape index (κ3) is 3.78. The van der Waals surface area contributed by atoms with Gasteiger partial charge in [-0.05, 0) is 38.4 Å². The van der Waals surface area contributed by atoms with Crippen molar-refractivity contribution in [1.82, 2.24) is 19.9 Å². The van der Waals surface area contributed by atoms with Crippen molar-refractivity contribution >= 4 is 34.1 Å². The smallest absolute Gasteiger partial charge is 0.319 e. The molecule has 6 rings (SSSR count). The molecule has 0 radical (unpaired) electrons. The summed E-state index contributed by atoms with van der Waals surface area (Å²) in [5.41, 5.74) is 6.40. The zero-order valence-electron chi connectivity index (χ0n) is 20.8. The zero-order chi connectivity index (χ0) is 25.9. The Kier molecular flexibility index (Phi) is 5.46. The molecule has 3 aliphatic heterocycles. The van der Waals surface area contributed by atoms with Crippen molar-refractivity contribution in [2.75, 3.05) is 43.5 Å². The summed E-state index contributed by atoms with van der Waals surface area (Å²) in [6.45, 7) is 3.94. The van der Waals surface area contributed by atoms with Gasteiger partial charge in [0.25, 0.3) is 0 Å². The van der Waals surface area contributed by atoms with E-state index < -0.39 is 23.6 Å². The maximum absolute atomic E-state index is 15.4. The van der Waals surface area contributed by atoms with Crippen molar-refractivity contribution in [2.45, 2.75) is 43.9 Å². The van der Waals surface area contributed by atoms with E-state index in [1.165, 1.54) is 0 Å². The Morgan fingerprint density at radius 2 is 2.28 bits per heavy atom. The van der Waals surface area contributed by atoms with Gasteiger partial charge in [0.1, 0.15) is 36.5 Å². The van der Waals surface area contributed by atoms with Crippen LogP contribution < -0.4 is 20.1 Å². The van der Waals surface area contributed by atoms with Crippen LogP contribution >= 0.6 is 11.6 Å². The van der Waals surface area contributed by atoms with Gasteiger partial charge in [-0.3, -0.25) is 4.90 Å². The van der Waals surface area contributed by atoms with Crippen LogP contribution in [0.4, 0.5) is 20.4 Å². The Morgan fingerprint density at radius 1 is 1.42 bits per heavy atom. The molecular weight excluding hydrogens is 490 g/mol. The lowest BCUT2D eigenvalue weighted by Crippen LogP contribution is -2.43. The third-order valence-electron chi connectivity index (χ3n) is 7.59. The summed E-state index contributed by atoms with van der Waals surface area (Å²) in [7, 11) is 0. The normalized spacial score (nSPS) is 24.8. The quantitative estimate of drug-likeness (QED) is 0.535. The topological polar surface area (TPSA) is 89.6 Å². The predicted molar refractivity (Wildman–Crippen MR) is 133 cm³/mol. The first-order valence-electron chi connectivity index (χ1n) is 12.6. The molecule has 2 aromatic heterocycles. The summed E-state index contributed by atoms with van der Waals surface area (Å²) < 4.78 is 49.9. The molecule has 2 fully saturated rings. The first-order valence-corrected chi connectivity index (χ1v) is 12.5. The Hall–Kier alpha value is -2.98. The van der Waals surface area contributed by atoms with Crippen LogP contribution in [0.5, 0.6) is 11.8 Å². The molecule has 2 saturated heterocycles. The van der Waals surface area contributed by atoms with Crippen LogP contribution in [-0.2, 0) is 0 Å². The highest BCUT2D eigenvalue weighted by Gasteiger charge is 2.49. The first kappa shape index (κ1) is 22.2. The molecule has 36 heavy (non-hydrogen) atoms. The zero-order valence-corrected chi connectivity index (χ0v) is 20.6. The van der Waals surface area contributed by atoms with E-state index in [0.717, 1.165) is 24.9 Å². The van der Waals surface area contributed by atoms with Gasteiger partial charge in [-0.1, -0.05) is 17.7 Å². The second-order valence-electron chi connectivity index (χ2n) is 9.70. The maximum atomic E-state index is 15.4. The second-order valence-corrected chi connectivity index (χ2v) is 10.1. The Bertz CT molecular complexity index is 1380. The van der Waals surface area contributed by atoms with Gasteiger partial charge in [0.2, 0.25) is 0 Å². The highest BCUT2D eigenvalue weighted by molar-refractivity contribution is 6.33. The predicted octanol–water partition coefficient (Wildman–Crippen LogP) is 4.31. The minimum absolute atomic E-state index is 0.0455. The van der Waals surface area contributed by atoms with Crippen LogP contribution in [0.25, 0.3) is 10.9 Å². The summed E-state index contributed by atoms with van der Waals surface area (Å²) in [4.78, 5) is 17.3. The number of pyridine rings is 1. The van der Waals surface area contributed by atoms with Gasteiger partial charge >= 0.3 is 6.01 Å². The Balaban J connectivity index is 1.46. The number of ether oxygens (including phenoxy) is 2. The number of alkyl halides is 1. The molecule has 5 heterocycles. The lowest BCUT2D eigenvalue weighted by molar-refractivity contribution is 0.107. The van der Waals surface area contributed by atoms with Crippen LogP contribution in [-0.4, -0.2) is 64.4 Å². The highest BCUT2D eigenvalue weighted by Crippen LogP contribution is 2.45. The molecule has 3 aromatic rings. The Morgan fingerprint density at radius 3 is 3.11 bits per heavy atom. The van der Waals surface area contributed by atoms with Crippen LogP contribution in [0, 0.1) is 5.82 Å². The SMILES string of the molecule is [2H]c1c(Cl)c2c3c(nc(OC[C@@]45CCCN4C[C@H](F)C5)nc3c1F)N([C@H](C)c1cccnc1N)CCO2. The maximum Gasteiger partial charge on any atom is 0.319 e. The summed E-state index contributed by atoms with van der Waals surface area (Å²) in [5.74, 6) is 0.00614. The number of hydrogen-bond donors (Lipinski definition) is 1. The molecular formula is C25H27ClF2N6O2. The van der Waals surface area contributed by atoms with Gasteiger partial charge in [0.15, 0.2) is 11.6 Å². The number of nitrogen functional groups attached to an aromatic ring is 1. The highest BCUT2D eigenvalue weighted by atomic mass is 35.5. The molecule has 0 spiro atoms. The van der Waals surface area contributed by atoms with E-state index in [2.05, 4.69) is 14.9 Å². The molecule has 0 bridgehead atoms. The average Bonchev–Trinajstić information content (AvgIpc) is 3.33. The van der Waals surface area contributed by atoms with Crippen molar-refractivity contribution in [3.8, 4) is 11.8 Å². The second kappa shape index (κ2) is 8.85. The number of fused-ring (bicyclic) bond motifs is 1. The number of anilines is 2. The minimum Gasteiger partial charge on any atom is -0.489 e. The van der Waals surface area contributed by atoms with Crippen molar-refractivity contribution in [3.63, 3.8) is 0 Å². The summed E-state index contributed by atoms with van der Waals surface area (Å²) in [6.07, 6.45) is 2.88. The van der Waals surface area contributed by atoms with Crippen LogP contribution in [0.15, 0.2) is 24.4 Å². The molecule has 0 aliphatic carbocycles. The average molecular weight is 518 g/mol. The molecule has 3 aliphatic rings. The van der Waals surface area contributed by atoms with E-state index in [1.807, 2.05) is 17.9 Å². The lowest BCUT2D eigenvalue weighted by atomic mass is 9.95. The van der Waals surface area contributed by atoms with Gasteiger partial charge in [-0.25, -0.2) is 13.8 Å². The Labute approximate surface area is 213 Å². The summed E-state index contributed by atoms with van der Waals surface area (Å²) >= 11 is 6.36. The van der Waals surface area contributed by atoms with Crippen molar-refractivity contribution < 1.29 is 19.6 Å². The van der Waals surface area contributed by atoms with E-state index in [9.17, 15) is 4.39 Å². The van der Waals surface area contributed by atoms with Crippen molar-refractivity contribution in [3.05, 3.63) is 40.8 Å². The van der Waals surface area contributed by atoms with Crippen LogP contribution in [0.3, 0.4) is 0 Å². The van der Waals surface area contributed by atoms with Gasteiger partial charge in [-0.2, -0.15) is 9.97 Å². The van der Waals surface area contributed by atoms with E-state index >= 15 is 4.39 Å². The molecule has 0 amide bonds. The molecule has 11 heteroatoms. The number of nitrogens with two attached hydrogens (primary N) is 1. The number of hydrogen-bond acceptors (Lipinski definition) is 8. The minimum atomic E-state index is -0.905. The number of benzene rings is 1. The number of rotatable bonds is 5. The lowest BCUT2D eigenvalue weighted by Gasteiger charge is -2.32. The molecule has 8 nitrogen and oxygen atoms in total. The van der Waals surface area contributed by atoms with Crippen molar-refractivity contribution in [2.24, 2.45) is 0 Å². The van der Waals surface area contributed by atoms with E-state index in [0.29, 0.717) is 31.1 Å². The van der Waals surface area contributed by atoms with Gasteiger partial charge in [0.05, 0.1) is 29.9 Å². The van der Waals surface area contributed by atoms with Gasteiger partial charge in [0, 0.05) is 24.7 Å². The fourth-order valence-corrected chi connectivity index (χ4v) is 6.09. The first-order chi connectivity index (χ1) is 17.8. The van der Waals surface area contributed by atoms with Gasteiger partial charge < -0.3 is 20.1 Å². The molecule has 3 atom stereocenters. The van der Waals surface area contributed by atoms with E-state index in [1.54, 1.807) is 12.3 Å².